The second-order valence-corrected chi connectivity index (χ2v) is 16.9. The number of carbonyl (C=O) groups is 2. The lowest BCUT2D eigenvalue weighted by Gasteiger charge is -2.20. The lowest BCUT2D eigenvalue weighted by Crippen LogP contribution is -2.29. The van der Waals surface area contributed by atoms with Crippen molar-refractivity contribution in [1.29, 1.82) is 0 Å². The molecule has 1 unspecified atom stereocenters. The molecule has 54 heavy (non-hydrogen) atoms. The molecule has 11 heteroatoms. The topological polar surface area (TPSA) is 149 Å². The zero-order chi connectivity index (χ0) is 39.8. The molecule has 3 N–H and O–H groups in total. The van der Waals surface area contributed by atoms with Crippen LogP contribution in [0.4, 0.5) is 0 Å². The van der Waals surface area contributed by atoms with Crippen LogP contribution in [0.25, 0.3) is 0 Å². The summed E-state index contributed by atoms with van der Waals surface area (Å²) in [7, 11) is -4.61. The van der Waals surface area contributed by atoms with Crippen LogP contribution in [0.2, 0.25) is 0 Å². The van der Waals surface area contributed by atoms with E-state index in [1.807, 2.05) is 0 Å². The molecule has 0 bridgehead atoms. The fourth-order valence-electron chi connectivity index (χ4n) is 6.52. The van der Waals surface area contributed by atoms with Crippen molar-refractivity contribution < 1.29 is 47.8 Å². The first-order valence-electron chi connectivity index (χ1n) is 22.5. The van der Waals surface area contributed by atoms with E-state index in [1.165, 1.54) is 154 Å². The number of phosphoric ester groups is 1. The van der Waals surface area contributed by atoms with Crippen molar-refractivity contribution in [2.75, 3.05) is 26.4 Å². The summed E-state index contributed by atoms with van der Waals surface area (Å²) >= 11 is 0. The molecule has 0 aliphatic heterocycles. The van der Waals surface area contributed by atoms with E-state index in [-0.39, 0.29) is 19.4 Å². The highest BCUT2D eigenvalue weighted by Gasteiger charge is 2.27. The average molecular weight is 793 g/mol. The van der Waals surface area contributed by atoms with Gasteiger partial charge in [-0.15, -0.1) is 0 Å². The molecule has 0 heterocycles. The van der Waals surface area contributed by atoms with Crippen LogP contribution in [-0.4, -0.2) is 65.7 Å². The monoisotopic (exact) mass is 793 g/mol. The molecule has 0 aliphatic carbocycles. The molecule has 10 nitrogen and oxygen atoms in total. The molecule has 0 saturated heterocycles. The summed E-state index contributed by atoms with van der Waals surface area (Å²) in [6.07, 6.45) is 36.3. The van der Waals surface area contributed by atoms with Crippen LogP contribution in [0.1, 0.15) is 226 Å². The highest BCUT2D eigenvalue weighted by atomic mass is 31.2. The first-order chi connectivity index (χ1) is 26.2. The lowest BCUT2D eigenvalue weighted by molar-refractivity contribution is -0.161. The first kappa shape index (κ1) is 53.0. The molecule has 0 saturated carbocycles. The van der Waals surface area contributed by atoms with Gasteiger partial charge >= 0.3 is 19.8 Å². The van der Waals surface area contributed by atoms with Gasteiger partial charge in [0.1, 0.15) is 12.7 Å². The van der Waals surface area contributed by atoms with Crippen LogP contribution in [-0.2, 0) is 32.7 Å². The third-order valence-electron chi connectivity index (χ3n) is 10.0. The van der Waals surface area contributed by atoms with Gasteiger partial charge in [0.2, 0.25) is 0 Å². The summed E-state index contributed by atoms with van der Waals surface area (Å²) in [5.41, 5.74) is 0. The molecule has 3 atom stereocenters. The third-order valence-corrected chi connectivity index (χ3v) is 11.0. The molecule has 0 aromatic carbocycles. The van der Waals surface area contributed by atoms with Gasteiger partial charge in [-0.3, -0.25) is 18.6 Å². The molecule has 0 rings (SSSR count). The molecule has 0 radical (unpaired) electrons. The van der Waals surface area contributed by atoms with Gasteiger partial charge in [-0.25, -0.2) is 4.57 Å². The quantitative estimate of drug-likeness (QED) is 0.0309. The number of esters is 2. The number of unbranched alkanes of at least 4 members (excludes halogenated alkanes) is 29. The van der Waals surface area contributed by atoms with E-state index in [2.05, 4.69) is 13.8 Å². The van der Waals surface area contributed by atoms with Gasteiger partial charge < -0.3 is 24.6 Å². The van der Waals surface area contributed by atoms with Crippen LogP contribution in [0.5, 0.6) is 0 Å². The summed E-state index contributed by atoms with van der Waals surface area (Å²) in [5.74, 6) is -0.908. The molecule has 0 aromatic heterocycles. The van der Waals surface area contributed by atoms with Gasteiger partial charge in [0.15, 0.2) is 6.10 Å². The number of hydrogen-bond donors (Lipinski definition) is 3. The van der Waals surface area contributed by atoms with Crippen molar-refractivity contribution in [2.45, 2.75) is 238 Å². The zero-order valence-corrected chi connectivity index (χ0v) is 35.9. The minimum atomic E-state index is -4.61. The number of aliphatic hydroxyl groups excluding tert-OH is 2. The Balaban J connectivity index is 4.22. The number of aliphatic hydroxyl groups is 2. The van der Waals surface area contributed by atoms with Crippen molar-refractivity contribution in [3.8, 4) is 0 Å². The van der Waals surface area contributed by atoms with Crippen molar-refractivity contribution in [2.24, 2.45) is 0 Å². The second-order valence-electron chi connectivity index (χ2n) is 15.4. The number of carbonyl (C=O) groups excluding carboxylic acids is 2. The van der Waals surface area contributed by atoms with Gasteiger partial charge in [0.05, 0.1) is 19.8 Å². The number of phosphoric acid groups is 1. The van der Waals surface area contributed by atoms with Crippen molar-refractivity contribution in [1.82, 2.24) is 0 Å². The Labute approximate surface area is 331 Å². The molecule has 0 spiro atoms. The van der Waals surface area contributed by atoms with Gasteiger partial charge in [0, 0.05) is 12.8 Å². The maximum absolute atomic E-state index is 12.6. The van der Waals surface area contributed by atoms with E-state index in [0.29, 0.717) is 12.8 Å². The minimum Gasteiger partial charge on any atom is -0.462 e. The Hall–Kier alpha value is -1.03. The Morgan fingerprint density at radius 2 is 0.796 bits per heavy atom. The smallest absolute Gasteiger partial charge is 0.462 e. The summed E-state index contributed by atoms with van der Waals surface area (Å²) in [5, 5.41) is 18.3. The van der Waals surface area contributed by atoms with E-state index < -0.39 is 51.8 Å². The second kappa shape index (κ2) is 40.2. The summed E-state index contributed by atoms with van der Waals surface area (Å²) in [4.78, 5) is 35.0. The van der Waals surface area contributed by atoms with Gasteiger partial charge in [-0.1, -0.05) is 200 Å². The number of rotatable bonds is 43. The Morgan fingerprint density at radius 3 is 1.15 bits per heavy atom. The van der Waals surface area contributed by atoms with E-state index in [0.717, 1.165) is 32.1 Å². The largest absolute Gasteiger partial charge is 0.472 e. The SMILES string of the molecule is CCCCCCCCCCCCCCCCCCCC(=O)O[C@H](COC(=O)CCCCCCCCCCCCCCCC)COP(=O)(O)OC[C@@H](O)CO. The third kappa shape index (κ3) is 39.2. The van der Waals surface area contributed by atoms with Gasteiger partial charge in [-0.2, -0.15) is 0 Å². The summed E-state index contributed by atoms with van der Waals surface area (Å²) in [6, 6.07) is 0. The van der Waals surface area contributed by atoms with Crippen molar-refractivity contribution in [3.63, 3.8) is 0 Å². The van der Waals surface area contributed by atoms with E-state index in [4.69, 9.17) is 23.6 Å². The molecular weight excluding hydrogens is 707 g/mol. The predicted molar refractivity (Wildman–Crippen MR) is 219 cm³/mol. The maximum Gasteiger partial charge on any atom is 0.472 e. The zero-order valence-electron chi connectivity index (χ0n) is 35.0. The molecule has 322 valence electrons. The Morgan fingerprint density at radius 1 is 0.481 bits per heavy atom. The Kier molecular flexibility index (Phi) is 39.4. The van der Waals surface area contributed by atoms with Crippen LogP contribution in [0, 0.1) is 0 Å². The molecule has 0 fully saturated rings. The summed E-state index contributed by atoms with van der Waals surface area (Å²) in [6.45, 7) is 2.42. The fourth-order valence-corrected chi connectivity index (χ4v) is 7.31. The molecule has 0 amide bonds. The highest BCUT2D eigenvalue weighted by Crippen LogP contribution is 2.43. The van der Waals surface area contributed by atoms with Crippen LogP contribution >= 0.6 is 7.82 Å². The van der Waals surface area contributed by atoms with Gasteiger partial charge in [0.25, 0.3) is 0 Å². The van der Waals surface area contributed by atoms with Crippen LogP contribution in [0.3, 0.4) is 0 Å². The number of hydrogen-bond acceptors (Lipinski definition) is 9. The van der Waals surface area contributed by atoms with Crippen LogP contribution in [0.15, 0.2) is 0 Å². The highest BCUT2D eigenvalue weighted by molar-refractivity contribution is 7.47. The van der Waals surface area contributed by atoms with Crippen LogP contribution < -0.4 is 0 Å². The van der Waals surface area contributed by atoms with Gasteiger partial charge in [-0.05, 0) is 12.8 Å². The standard InChI is InChI=1S/C43H85O10P/c1-3-5-7-9-11-13-15-17-19-20-21-23-25-27-29-31-33-35-43(47)53-41(39-52-54(48,49)51-37-40(45)36-44)38-50-42(46)34-32-30-28-26-24-22-18-16-14-12-10-8-6-4-2/h40-41,44-45H,3-39H2,1-2H3,(H,48,49)/t40-,41+/m0/s1. The predicted octanol–water partition coefficient (Wildman–Crippen LogP) is 11.8. The molecule has 0 aliphatic rings. The van der Waals surface area contributed by atoms with E-state index in [1.54, 1.807) is 0 Å². The molecule has 0 aromatic rings. The van der Waals surface area contributed by atoms with Crippen molar-refractivity contribution in [3.05, 3.63) is 0 Å². The molecular formula is C43H85O10P. The Bertz CT molecular complexity index is 873. The normalized spacial score (nSPS) is 13.8. The van der Waals surface area contributed by atoms with E-state index >= 15 is 0 Å². The van der Waals surface area contributed by atoms with E-state index in [9.17, 15) is 24.2 Å². The minimum absolute atomic E-state index is 0.193. The number of ether oxygens (including phenoxy) is 2. The summed E-state index contributed by atoms with van der Waals surface area (Å²) < 4.78 is 32.7. The lowest BCUT2D eigenvalue weighted by atomic mass is 10.0. The maximum atomic E-state index is 12.6. The fraction of sp³-hybridized carbons (Fsp3) is 0.953. The first-order valence-corrected chi connectivity index (χ1v) is 24.0. The average Bonchev–Trinajstić information content (AvgIpc) is 3.16. The van der Waals surface area contributed by atoms with Crippen molar-refractivity contribution >= 4 is 19.8 Å².